The van der Waals surface area contributed by atoms with E-state index in [0.717, 1.165) is 6.42 Å². The minimum Gasteiger partial charge on any atom is -0.465 e. The topological polar surface area (TPSA) is 70.4 Å². The molecule has 0 rings (SSSR count). The summed E-state index contributed by atoms with van der Waals surface area (Å²) in [5.74, 6) is -0.738. The molecule has 0 aliphatic rings. The van der Waals surface area contributed by atoms with Gasteiger partial charge in [-0.05, 0) is 26.7 Å². The van der Waals surface area contributed by atoms with Crippen molar-refractivity contribution >= 4 is 11.9 Å². The Morgan fingerprint density at radius 2 is 1.94 bits per heavy atom. The third-order valence-electron chi connectivity index (χ3n) is 2.83. The van der Waals surface area contributed by atoms with E-state index in [-0.39, 0.29) is 19.1 Å². The summed E-state index contributed by atoms with van der Waals surface area (Å²) in [5.41, 5.74) is -1.07. The average molecular weight is 254 g/mol. The first-order valence-electron chi connectivity index (χ1n) is 6.31. The minimum absolute atomic E-state index is 0.0855. The van der Waals surface area contributed by atoms with Gasteiger partial charge in [0, 0.05) is 6.54 Å². The number of ether oxygens (including phenoxy) is 1. The van der Waals surface area contributed by atoms with Gasteiger partial charge in [0.2, 0.25) is 5.91 Å². The van der Waals surface area contributed by atoms with Gasteiger partial charge in [0.25, 0.3) is 0 Å². The van der Waals surface area contributed by atoms with Crippen LogP contribution in [-0.2, 0) is 14.3 Å². The fraction of sp³-hybridized carbons (Fsp3) is 0.769. The summed E-state index contributed by atoms with van der Waals surface area (Å²) >= 11 is 0. The van der Waals surface area contributed by atoms with E-state index in [9.17, 15) is 9.59 Å². The quantitative estimate of drug-likeness (QED) is 0.649. The summed E-state index contributed by atoms with van der Waals surface area (Å²) in [7, 11) is 0. The van der Waals surface area contributed by atoms with Crippen molar-refractivity contribution in [2.75, 3.05) is 19.7 Å². The van der Waals surface area contributed by atoms with E-state index < -0.39 is 11.4 Å². The molecule has 1 unspecified atom stereocenters. The van der Waals surface area contributed by atoms with Crippen molar-refractivity contribution in [3.05, 3.63) is 0 Å². The molecule has 102 valence electrons. The van der Waals surface area contributed by atoms with Gasteiger partial charge in [0.1, 0.15) is 12.0 Å². The Morgan fingerprint density at radius 3 is 2.33 bits per heavy atom. The molecular weight excluding hydrogens is 232 g/mol. The molecule has 0 bridgehead atoms. The van der Waals surface area contributed by atoms with Crippen LogP contribution >= 0.6 is 0 Å². The second kappa shape index (κ2) is 7.70. The van der Waals surface area contributed by atoms with Gasteiger partial charge in [-0.15, -0.1) is 0 Å². The van der Waals surface area contributed by atoms with Crippen LogP contribution in [0.25, 0.3) is 0 Å². The van der Waals surface area contributed by atoms with Gasteiger partial charge >= 0.3 is 5.97 Å². The highest BCUT2D eigenvalue weighted by Crippen LogP contribution is 2.23. The van der Waals surface area contributed by atoms with E-state index >= 15 is 0 Å². The molecule has 0 saturated carbocycles. The smallest absolute Gasteiger partial charge is 0.325 e. The predicted octanol–water partition coefficient (Wildman–Crippen LogP) is 1.73. The summed E-state index contributed by atoms with van der Waals surface area (Å²) < 4.78 is 4.83. The molecule has 0 heterocycles. The normalized spacial score (nSPS) is 13.3. The third-order valence-corrected chi connectivity index (χ3v) is 2.83. The first-order chi connectivity index (χ1) is 8.45. The molecule has 1 atom stereocenters. The number of carbonyl (C=O) groups is 2. The maximum Gasteiger partial charge on any atom is 0.325 e. The number of esters is 1. The van der Waals surface area contributed by atoms with Crippen molar-refractivity contribution < 1.29 is 14.3 Å². The molecule has 0 radical (unpaired) electrons. The highest BCUT2D eigenvalue weighted by Gasteiger charge is 2.35. The molecule has 0 aromatic heterocycles. The van der Waals surface area contributed by atoms with Gasteiger partial charge in [-0.3, -0.25) is 9.59 Å². The molecule has 0 aliphatic heterocycles. The summed E-state index contributed by atoms with van der Waals surface area (Å²) in [5, 5.41) is 9.10. The molecule has 0 spiro atoms. The number of rotatable bonds is 7. The van der Waals surface area contributed by atoms with Crippen LogP contribution in [0.5, 0.6) is 0 Å². The third kappa shape index (κ3) is 4.36. The van der Waals surface area contributed by atoms with Gasteiger partial charge in [-0.25, -0.2) is 0 Å². The largest absolute Gasteiger partial charge is 0.465 e. The van der Waals surface area contributed by atoms with Crippen molar-refractivity contribution in [2.24, 2.45) is 5.41 Å². The fourth-order valence-electron chi connectivity index (χ4n) is 1.51. The van der Waals surface area contributed by atoms with Crippen LogP contribution in [0.1, 0.15) is 40.5 Å². The Morgan fingerprint density at radius 1 is 1.33 bits per heavy atom. The van der Waals surface area contributed by atoms with Crippen LogP contribution in [0.15, 0.2) is 0 Å². The van der Waals surface area contributed by atoms with E-state index in [4.69, 9.17) is 10.00 Å². The first kappa shape index (κ1) is 16.4. The number of nitriles is 1. The zero-order valence-corrected chi connectivity index (χ0v) is 11.7. The number of carbonyl (C=O) groups excluding carboxylic acids is 2. The van der Waals surface area contributed by atoms with Crippen molar-refractivity contribution in [1.82, 2.24) is 4.90 Å². The Balaban J connectivity index is 4.84. The van der Waals surface area contributed by atoms with Gasteiger partial charge in [-0.2, -0.15) is 5.26 Å². The lowest BCUT2D eigenvalue weighted by molar-refractivity contribution is -0.151. The highest BCUT2D eigenvalue weighted by atomic mass is 16.5. The second-order valence-electron chi connectivity index (χ2n) is 4.33. The Labute approximate surface area is 109 Å². The molecule has 0 aromatic carbocycles. The lowest BCUT2D eigenvalue weighted by atomic mass is 9.87. The Bertz CT molecular complexity index is 336. The second-order valence-corrected chi connectivity index (χ2v) is 4.33. The zero-order valence-electron chi connectivity index (χ0n) is 11.7. The van der Waals surface area contributed by atoms with Crippen molar-refractivity contribution in [1.29, 1.82) is 5.26 Å². The minimum atomic E-state index is -1.07. The standard InChI is InChI=1S/C13H22N2O3/c1-5-8-15(9-11(16)18-7-3)12(17)13(4,6-2)10-14/h5-9H2,1-4H3. The maximum absolute atomic E-state index is 12.3. The van der Waals surface area contributed by atoms with Gasteiger partial charge in [0.15, 0.2) is 0 Å². The van der Waals surface area contributed by atoms with E-state index in [0.29, 0.717) is 13.0 Å². The van der Waals surface area contributed by atoms with Crippen LogP contribution in [0.2, 0.25) is 0 Å². The number of nitrogens with zero attached hydrogens (tertiary/aromatic N) is 2. The first-order valence-corrected chi connectivity index (χ1v) is 6.31. The predicted molar refractivity (Wildman–Crippen MR) is 67.5 cm³/mol. The van der Waals surface area contributed by atoms with Gasteiger partial charge in [-0.1, -0.05) is 13.8 Å². The molecule has 0 saturated heterocycles. The summed E-state index contributed by atoms with van der Waals surface area (Å²) in [6, 6.07) is 2.03. The SMILES string of the molecule is CCCN(CC(=O)OCC)C(=O)C(C)(C#N)CC. The van der Waals surface area contributed by atoms with Crippen LogP contribution in [0.4, 0.5) is 0 Å². The molecular formula is C13H22N2O3. The van der Waals surface area contributed by atoms with Gasteiger partial charge in [0.05, 0.1) is 12.7 Å². The lowest BCUT2D eigenvalue weighted by Gasteiger charge is -2.28. The van der Waals surface area contributed by atoms with E-state index in [1.807, 2.05) is 13.0 Å². The molecule has 0 fully saturated rings. The molecule has 0 N–H and O–H groups in total. The van der Waals surface area contributed by atoms with E-state index in [1.165, 1.54) is 4.90 Å². The zero-order chi connectivity index (χ0) is 14.2. The maximum atomic E-state index is 12.3. The Hall–Kier alpha value is -1.57. The average Bonchev–Trinajstić information content (AvgIpc) is 2.36. The molecule has 18 heavy (non-hydrogen) atoms. The van der Waals surface area contributed by atoms with E-state index in [1.54, 1.807) is 20.8 Å². The monoisotopic (exact) mass is 254 g/mol. The number of amides is 1. The van der Waals surface area contributed by atoms with Crippen molar-refractivity contribution in [3.63, 3.8) is 0 Å². The van der Waals surface area contributed by atoms with Crippen molar-refractivity contribution in [2.45, 2.75) is 40.5 Å². The van der Waals surface area contributed by atoms with Crippen molar-refractivity contribution in [3.8, 4) is 6.07 Å². The Kier molecular flexibility index (Phi) is 7.03. The molecule has 5 nitrogen and oxygen atoms in total. The summed E-state index contributed by atoms with van der Waals surface area (Å²) in [4.78, 5) is 25.1. The van der Waals surface area contributed by atoms with Gasteiger partial charge < -0.3 is 9.64 Å². The fourth-order valence-corrected chi connectivity index (χ4v) is 1.51. The molecule has 0 aromatic rings. The molecule has 5 heteroatoms. The van der Waals surface area contributed by atoms with Crippen LogP contribution in [0, 0.1) is 16.7 Å². The number of hydrogen-bond donors (Lipinski definition) is 0. The molecule has 0 aliphatic carbocycles. The number of hydrogen-bond acceptors (Lipinski definition) is 4. The summed E-state index contributed by atoms with van der Waals surface area (Å²) in [6.07, 6.45) is 1.15. The molecule has 1 amide bonds. The van der Waals surface area contributed by atoms with Crippen LogP contribution < -0.4 is 0 Å². The summed E-state index contributed by atoms with van der Waals surface area (Å²) in [6.45, 7) is 7.68. The van der Waals surface area contributed by atoms with E-state index in [2.05, 4.69) is 0 Å². The highest BCUT2D eigenvalue weighted by molar-refractivity contribution is 5.88. The van der Waals surface area contributed by atoms with Crippen LogP contribution in [-0.4, -0.2) is 36.5 Å². The van der Waals surface area contributed by atoms with Crippen LogP contribution in [0.3, 0.4) is 0 Å². The lowest BCUT2D eigenvalue weighted by Crippen LogP contribution is -2.44.